The minimum Gasteiger partial charge on any atom is -0.490 e. The quantitative estimate of drug-likeness (QED) is 0.0661. The molecule has 1 N–H and O–H groups in total. The molecule has 0 spiro atoms. The van der Waals surface area contributed by atoms with Gasteiger partial charge in [0.25, 0.3) is 5.91 Å². The minimum atomic E-state index is -0.259. The summed E-state index contributed by atoms with van der Waals surface area (Å²) >= 11 is 0. The normalized spacial score (nSPS) is 11.4. The van der Waals surface area contributed by atoms with Gasteiger partial charge in [-0.05, 0) is 50.7 Å². The summed E-state index contributed by atoms with van der Waals surface area (Å²) in [5, 5.41) is 3.26. The number of ether oxygens (including phenoxy) is 6. The maximum absolute atomic E-state index is 14.6. The van der Waals surface area contributed by atoms with Crippen LogP contribution < -0.4 is 33.7 Å². The fourth-order valence-electron chi connectivity index (χ4n) is 11.7. The van der Waals surface area contributed by atoms with Crippen molar-refractivity contribution in [3.8, 4) is 34.5 Å². The average molecular weight is 1220 g/mol. The number of amides is 1. The molecule has 2 rings (SSSR count). The zero-order chi connectivity index (χ0) is 62.4. The van der Waals surface area contributed by atoms with Crippen molar-refractivity contribution in [2.24, 2.45) is 0 Å². The van der Waals surface area contributed by atoms with Gasteiger partial charge in [-0.25, -0.2) is 0 Å². The zero-order valence-electron chi connectivity index (χ0n) is 58.6. The lowest BCUT2D eigenvalue weighted by Gasteiger charge is -2.20. The van der Waals surface area contributed by atoms with Crippen LogP contribution in [0.15, 0.2) is 24.3 Å². The van der Waals surface area contributed by atoms with Crippen LogP contribution in [0.25, 0.3) is 0 Å². The van der Waals surface area contributed by atoms with Crippen LogP contribution in [0.4, 0.5) is 5.69 Å². The predicted molar refractivity (Wildman–Crippen MR) is 377 cm³/mol. The van der Waals surface area contributed by atoms with Crippen molar-refractivity contribution in [1.29, 1.82) is 0 Å². The topological polar surface area (TPSA) is 84.5 Å². The van der Waals surface area contributed by atoms with Crippen molar-refractivity contribution in [3.05, 3.63) is 29.8 Å². The number of carbonyl (C=O) groups is 1. The second kappa shape index (κ2) is 61.6. The molecular formula is C79H143NO7. The standard InChI is InChI=1S/C79H143NO7/c1-7-13-19-22-25-28-31-34-37-40-43-46-49-52-55-58-64-84-75-69-72(80-79(81)71-67-73(82-61-16-10-4)77(86-63-18-12-6)74(68-71)83-62-17-11-5)70-76(85-65-59-56-53-50-47-44-41-38-35-32-29-26-23-20-14-8-2)78(75)87-66-60-57-54-51-48-45-42-39-36-33-30-27-24-21-15-9-3/h67-70H,7-66H2,1-6H3,(H,80,81). The molecule has 0 radical (unpaired) electrons. The Morgan fingerprint density at radius 2 is 0.425 bits per heavy atom. The van der Waals surface area contributed by atoms with Gasteiger partial charge in [0, 0.05) is 23.4 Å². The fraction of sp³-hybridized carbons (Fsp3) is 0.835. The summed E-state index contributed by atoms with van der Waals surface area (Å²) in [6, 6.07) is 7.54. The SMILES string of the molecule is CCCCCCCCCCCCCCCCCCOc1cc(NC(=O)c2cc(OCCCC)c(OCCCC)c(OCCCC)c2)cc(OCCCCCCCCCCCCCCCCCC)c1OCCCCCCCCCCCCCCCCCC. The van der Waals surface area contributed by atoms with E-state index in [9.17, 15) is 4.79 Å². The second-order valence-corrected chi connectivity index (χ2v) is 26.1. The highest BCUT2D eigenvalue weighted by Gasteiger charge is 2.22. The van der Waals surface area contributed by atoms with E-state index in [1.807, 2.05) is 24.3 Å². The van der Waals surface area contributed by atoms with E-state index in [-0.39, 0.29) is 5.91 Å². The number of unbranched alkanes of at least 4 members (excludes halogenated alkanes) is 48. The van der Waals surface area contributed by atoms with Crippen LogP contribution in [-0.4, -0.2) is 45.5 Å². The second-order valence-electron chi connectivity index (χ2n) is 26.1. The van der Waals surface area contributed by atoms with Crippen molar-refractivity contribution in [2.45, 2.75) is 388 Å². The number of hydrogen-bond donors (Lipinski definition) is 1. The van der Waals surface area contributed by atoms with Gasteiger partial charge in [-0.3, -0.25) is 4.79 Å². The first-order chi connectivity index (χ1) is 43.0. The molecule has 0 saturated carbocycles. The van der Waals surface area contributed by atoms with Gasteiger partial charge in [0.05, 0.1) is 39.6 Å². The molecule has 0 aromatic heterocycles. The molecular weight excluding hydrogens is 1070 g/mol. The van der Waals surface area contributed by atoms with Crippen LogP contribution in [0.1, 0.15) is 399 Å². The van der Waals surface area contributed by atoms with Gasteiger partial charge in [0.2, 0.25) is 11.5 Å². The van der Waals surface area contributed by atoms with E-state index in [2.05, 4.69) is 46.9 Å². The largest absolute Gasteiger partial charge is 0.490 e. The number of carbonyl (C=O) groups excluding carboxylic acids is 1. The van der Waals surface area contributed by atoms with Gasteiger partial charge >= 0.3 is 0 Å². The molecule has 1 amide bonds. The Hall–Kier alpha value is -3.29. The van der Waals surface area contributed by atoms with E-state index >= 15 is 0 Å². The Labute approximate surface area is 539 Å². The van der Waals surface area contributed by atoms with Gasteiger partial charge < -0.3 is 33.7 Å². The highest BCUT2D eigenvalue weighted by Crippen LogP contribution is 2.43. The van der Waals surface area contributed by atoms with Gasteiger partial charge in [-0.1, -0.05) is 350 Å². The van der Waals surface area contributed by atoms with E-state index < -0.39 is 0 Å². The number of hydrogen-bond acceptors (Lipinski definition) is 7. The average Bonchev–Trinajstić information content (AvgIpc) is 3.14. The predicted octanol–water partition coefficient (Wildman–Crippen LogP) is 26.4. The van der Waals surface area contributed by atoms with Gasteiger partial charge in [0.1, 0.15) is 0 Å². The number of anilines is 1. The molecule has 8 nitrogen and oxygen atoms in total. The molecule has 506 valence electrons. The first kappa shape index (κ1) is 79.8. The summed E-state index contributed by atoms with van der Waals surface area (Å²) < 4.78 is 39.3. The third kappa shape index (κ3) is 45.6. The summed E-state index contributed by atoms with van der Waals surface area (Å²) in [5.41, 5.74) is 1.06. The molecule has 0 heterocycles. The lowest BCUT2D eigenvalue weighted by molar-refractivity contribution is 0.102. The van der Waals surface area contributed by atoms with Crippen LogP contribution in [0, 0.1) is 0 Å². The monoisotopic (exact) mass is 1220 g/mol. The lowest BCUT2D eigenvalue weighted by atomic mass is 10.0. The zero-order valence-corrected chi connectivity index (χ0v) is 58.6. The summed E-state index contributed by atoms with van der Waals surface area (Å²) in [6.07, 6.45) is 69.6. The van der Waals surface area contributed by atoms with E-state index in [4.69, 9.17) is 28.4 Å². The summed E-state index contributed by atoms with van der Waals surface area (Å²) in [6.45, 7) is 16.7. The van der Waals surface area contributed by atoms with Crippen molar-refractivity contribution >= 4 is 11.6 Å². The van der Waals surface area contributed by atoms with E-state index in [1.54, 1.807) is 0 Å². The van der Waals surface area contributed by atoms with Crippen LogP contribution in [0.3, 0.4) is 0 Å². The number of nitrogens with one attached hydrogen (secondary N) is 1. The molecule has 0 aliphatic heterocycles. The maximum atomic E-state index is 14.6. The van der Waals surface area contributed by atoms with Crippen LogP contribution in [-0.2, 0) is 0 Å². The summed E-state index contributed by atoms with van der Waals surface area (Å²) in [5.74, 6) is 3.34. The van der Waals surface area contributed by atoms with Crippen molar-refractivity contribution < 1.29 is 33.2 Å². The Morgan fingerprint density at radius 1 is 0.241 bits per heavy atom. The maximum Gasteiger partial charge on any atom is 0.255 e. The molecule has 0 aliphatic carbocycles. The molecule has 87 heavy (non-hydrogen) atoms. The third-order valence-corrected chi connectivity index (χ3v) is 17.6. The van der Waals surface area contributed by atoms with Gasteiger partial charge in [0.15, 0.2) is 23.0 Å². The molecule has 2 aromatic rings. The first-order valence-electron chi connectivity index (χ1n) is 38.5. The van der Waals surface area contributed by atoms with Crippen LogP contribution in [0.2, 0.25) is 0 Å². The highest BCUT2D eigenvalue weighted by molar-refractivity contribution is 6.05. The summed E-state index contributed by atoms with van der Waals surface area (Å²) in [4.78, 5) is 14.6. The Balaban J connectivity index is 2.22. The lowest BCUT2D eigenvalue weighted by Crippen LogP contribution is -2.15. The van der Waals surface area contributed by atoms with Crippen LogP contribution in [0.5, 0.6) is 34.5 Å². The van der Waals surface area contributed by atoms with Crippen molar-refractivity contribution in [3.63, 3.8) is 0 Å². The fourth-order valence-corrected chi connectivity index (χ4v) is 11.7. The van der Waals surface area contributed by atoms with Crippen molar-refractivity contribution in [1.82, 2.24) is 0 Å². The molecule has 8 heteroatoms. The van der Waals surface area contributed by atoms with Crippen LogP contribution >= 0.6 is 0 Å². The van der Waals surface area contributed by atoms with E-state index in [0.29, 0.717) is 85.4 Å². The Morgan fingerprint density at radius 3 is 0.667 bits per heavy atom. The Bertz CT molecular complexity index is 1710. The summed E-state index contributed by atoms with van der Waals surface area (Å²) in [7, 11) is 0. The van der Waals surface area contributed by atoms with E-state index in [0.717, 1.165) is 77.0 Å². The smallest absolute Gasteiger partial charge is 0.255 e. The molecule has 0 atom stereocenters. The molecule has 0 aliphatic rings. The van der Waals surface area contributed by atoms with Gasteiger partial charge in [-0.2, -0.15) is 0 Å². The Kier molecular flexibility index (Phi) is 56.5. The molecule has 0 saturated heterocycles. The minimum absolute atomic E-state index is 0.259. The number of rotatable bonds is 68. The molecule has 2 aromatic carbocycles. The molecule has 0 fully saturated rings. The van der Waals surface area contributed by atoms with E-state index in [1.165, 1.54) is 270 Å². The van der Waals surface area contributed by atoms with Gasteiger partial charge in [-0.15, -0.1) is 0 Å². The first-order valence-corrected chi connectivity index (χ1v) is 38.5. The third-order valence-electron chi connectivity index (χ3n) is 17.6. The molecule has 0 bridgehead atoms. The van der Waals surface area contributed by atoms with Crippen molar-refractivity contribution in [2.75, 3.05) is 45.0 Å². The number of benzene rings is 2. The highest BCUT2D eigenvalue weighted by atomic mass is 16.5. The molecule has 0 unspecified atom stereocenters.